The largest absolute Gasteiger partial charge is 0.488 e. The Hall–Kier alpha value is -1.56. The first-order valence-electron chi connectivity index (χ1n) is 5.63. The van der Waals surface area contributed by atoms with Crippen LogP contribution in [0.4, 0.5) is 0 Å². The second kappa shape index (κ2) is 4.97. The first-order valence-corrected chi connectivity index (χ1v) is 6.71. The predicted molar refractivity (Wildman–Crippen MR) is 79.6 cm³/mol. The van der Waals surface area contributed by atoms with Gasteiger partial charge in [-0.2, -0.15) is 0 Å². The molecule has 0 aliphatic rings. The Labute approximate surface area is 118 Å². The molecule has 2 heterocycles. The quantitative estimate of drug-likeness (QED) is 0.731. The highest BCUT2D eigenvalue weighted by Crippen LogP contribution is 2.28. The molecular weight excluding hydrogens is 339 g/mol. The Morgan fingerprint density at radius 3 is 2.83 bits per heavy atom. The van der Waals surface area contributed by atoms with Gasteiger partial charge in [0.1, 0.15) is 18.0 Å². The number of nitrogens with one attached hydrogen (secondary N) is 1. The Balaban J connectivity index is 1.89. The molecule has 0 amide bonds. The molecule has 0 unspecified atom stereocenters. The average molecular weight is 350 g/mol. The second-order valence-corrected chi connectivity index (χ2v) is 5.11. The third kappa shape index (κ3) is 2.20. The topological polar surface area (TPSA) is 37.9 Å². The van der Waals surface area contributed by atoms with Gasteiger partial charge in [0.15, 0.2) is 0 Å². The van der Waals surface area contributed by atoms with Crippen LogP contribution in [0, 0.1) is 3.57 Å². The van der Waals surface area contributed by atoms with E-state index in [2.05, 4.69) is 44.7 Å². The molecule has 0 saturated heterocycles. The van der Waals surface area contributed by atoms with E-state index in [1.807, 2.05) is 30.5 Å². The summed E-state index contributed by atoms with van der Waals surface area (Å²) in [6.45, 7) is 0.571. The summed E-state index contributed by atoms with van der Waals surface area (Å²) in [6.07, 6.45) is 3.70. The maximum Gasteiger partial charge on any atom is 0.142 e. The van der Waals surface area contributed by atoms with Gasteiger partial charge in [0, 0.05) is 16.0 Å². The van der Waals surface area contributed by atoms with E-state index in [1.54, 1.807) is 6.20 Å². The number of H-pyrrole nitrogens is 1. The summed E-state index contributed by atoms with van der Waals surface area (Å²) in [5, 5.41) is 1.05. The van der Waals surface area contributed by atoms with Gasteiger partial charge in [0.05, 0.1) is 5.39 Å². The number of halogens is 1. The SMILES string of the molecule is Ic1c[nH]c2nccc(OCc3ccccc3)c12. The molecule has 0 fully saturated rings. The zero-order valence-electron chi connectivity index (χ0n) is 9.56. The number of pyridine rings is 1. The molecule has 0 aliphatic carbocycles. The molecule has 1 N–H and O–H groups in total. The Bertz CT molecular complexity index is 664. The van der Waals surface area contributed by atoms with Crippen molar-refractivity contribution in [2.45, 2.75) is 6.61 Å². The lowest BCUT2D eigenvalue weighted by molar-refractivity contribution is 0.310. The van der Waals surface area contributed by atoms with Gasteiger partial charge in [-0.1, -0.05) is 30.3 Å². The third-order valence-electron chi connectivity index (χ3n) is 2.72. The van der Waals surface area contributed by atoms with Crippen LogP contribution in [0.2, 0.25) is 0 Å². The monoisotopic (exact) mass is 350 g/mol. The Morgan fingerprint density at radius 2 is 2.00 bits per heavy atom. The van der Waals surface area contributed by atoms with Gasteiger partial charge in [0.2, 0.25) is 0 Å². The van der Waals surface area contributed by atoms with Crippen LogP contribution in [0.3, 0.4) is 0 Å². The van der Waals surface area contributed by atoms with Crippen molar-refractivity contribution >= 4 is 33.6 Å². The molecular formula is C14H11IN2O. The minimum atomic E-state index is 0.571. The summed E-state index contributed by atoms with van der Waals surface area (Å²) in [4.78, 5) is 7.41. The Morgan fingerprint density at radius 1 is 1.17 bits per heavy atom. The van der Waals surface area contributed by atoms with Gasteiger partial charge in [-0.3, -0.25) is 0 Å². The van der Waals surface area contributed by atoms with Crippen LogP contribution in [-0.4, -0.2) is 9.97 Å². The fourth-order valence-electron chi connectivity index (χ4n) is 1.84. The molecule has 3 aromatic rings. The van der Waals surface area contributed by atoms with Crippen molar-refractivity contribution in [1.82, 2.24) is 9.97 Å². The molecule has 0 aliphatic heterocycles. The van der Waals surface area contributed by atoms with Gasteiger partial charge in [-0.15, -0.1) is 0 Å². The second-order valence-electron chi connectivity index (χ2n) is 3.94. The fraction of sp³-hybridized carbons (Fsp3) is 0.0714. The molecule has 4 heteroatoms. The zero-order chi connectivity index (χ0) is 12.4. The number of hydrogen-bond donors (Lipinski definition) is 1. The van der Waals surface area contributed by atoms with Crippen LogP contribution in [0.25, 0.3) is 11.0 Å². The molecule has 2 aromatic heterocycles. The lowest BCUT2D eigenvalue weighted by atomic mass is 10.2. The summed E-state index contributed by atoms with van der Waals surface area (Å²) in [5.74, 6) is 0.870. The van der Waals surface area contributed by atoms with Crippen LogP contribution in [0.15, 0.2) is 48.8 Å². The number of nitrogens with zero attached hydrogens (tertiary/aromatic N) is 1. The van der Waals surface area contributed by atoms with Gasteiger partial charge in [0.25, 0.3) is 0 Å². The van der Waals surface area contributed by atoms with Crippen molar-refractivity contribution < 1.29 is 4.74 Å². The minimum absolute atomic E-state index is 0.571. The van der Waals surface area contributed by atoms with Gasteiger partial charge in [-0.05, 0) is 34.2 Å². The normalized spacial score (nSPS) is 10.7. The van der Waals surface area contributed by atoms with Crippen molar-refractivity contribution in [2.24, 2.45) is 0 Å². The molecule has 1 aromatic carbocycles. The summed E-state index contributed by atoms with van der Waals surface area (Å²) in [6, 6.07) is 12.0. The lowest BCUT2D eigenvalue weighted by Crippen LogP contribution is -1.96. The highest BCUT2D eigenvalue weighted by Gasteiger charge is 2.08. The van der Waals surface area contributed by atoms with E-state index in [1.165, 1.54) is 0 Å². The maximum atomic E-state index is 5.88. The van der Waals surface area contributed by atoms with Crippen molar-refractivity contribution in [2.75, 3.05) is 0 Å². The van der Waals surface area contributed by atoms with Crippen molar-refractivity contribution in [3.05, 3.63) is 57.9 Å². The van der Waals surface area contributed by atoms with Crippen molar-refractivity contribution in [1.29, 1.82) is 0 Å². The third-order valence-corrected chi connectivity index (χ3v) is 3.58. The summed E-state index contributed by atoms with van der Waals surface area (Å²) < 4.78 is 7.00. The highest BCUT2D eigenvalue weighted by atomic mass is 127. The molecule has 90 valence electrons. The molecule has 3 rings (SSSR count). The van der Waals surface area contributed by atoms with Crippen LogP contribution >= 0.6 is 22.6 Å². The summed E-state index contributed by atoms with van der Waals surface area (Å²) in [7, 11) is 0. The smallest absolute Gasteiger partial charge is 0.142 e. The maximum absolute atomic E-state index is 5.88. The van der Waals surface area contributed by atoms with E-state index >= 15 is 0 Å². The number of fused-ring (bicyclic) bond motifs is 1. The van der Waals surface area contributed by atoms with Crippen LogP contribution in [0.1, 0.15) is 5.56 Å². The van der Waals surface area contributed by atoms with Crippen molar-refractivity contribution in [3.8, 4) is 5.75 Å². The summed E-state index contributed by atoms with van der Waals surface area (Å²) >= 11 is 2.28. The average Bonchev–Trinajstić information content (AvgIpc) is 2.80. The van der Waals surface area contributed by atoms with E-state index in [0.717, 1.165) is 25.9 Å². The van der Waals surface area contributed by atoms with E-state index in [9.17, 15) is 0 Å². The highest BCUT2D eigenvalue weighted by molar-refractivity contribution is 14.1. The molecule has 0 atom stereocenters. The number of hydrogen-bond acceptors (Lipinski definition) is 2. The van der Waals surface area contributed by atoms with E-state index in [4.69, 9.17) is 4.74 Å². The van der Waals surface area contributed by atoms with Crippen molar-refractivity contribution in [3.63, 3.8) is 0 Å². The lowest BCUT2D eigenvalue weighted by Gasteiger charge is -2.07. The van der Waals surface area contributed by atoms with Crippen LogP contribution in [0.5, 0.6) is 5.75 Å². The first-order chi connectivity index (χ1) is 8.84. The zero-order valence-corrected chi connectivity index (χ0v) is 11.7. The van der Waals surface area contributed by atoms with Gasteiger partial charge in [-0.25, -0.2) is 4.98 Å². The molecule has 0 saturated carbocycles. The number of aromatic amines is 1. The Kier molecular flexibility index (Phi) is 3.19. The number of aromatic nitrogens is 2. The summed E-state index contributed by atoms with van der Waals surface area (Å²) in [5.41, 5.74) is 2.03. The molecule has 0 bridgehead atoms. The standard InChI is InChI=1S/C14H11IN2O/c15-11-8-17-14-13(11)12(6-7-16-14)18-9-10-4-2-1-3-5-10/h1-8H,9H2,(H,16,17). The van der Waals surface area contributed by atoms with Crippen LogP contribution < -0.4 is 4.74 Å². The molecule has 0 radical (unpaired) electrons. The van der Waals surface area contributed by atoms with E-state index in [0.29, 0.717) is 6.61 Å². The number of ether oxygens (including phenoxy) is 1. The van der Waals surface area contributed by atoms with Gasteiger partial charge < -0.3 is 9.72 Å². The fourth-order valence-corrected chi connectivity index (χ4v) is 2.52. The predicted octanol–water partition coefficient (Wildman–Crippen LogP) is 3.75. The van der Waals surface area contributed by atoms with Gasteiger partial charge >= 0.3 is 0 Å². The molecule has 0 spiro atoms. The number of rotatable bonds is 3. The van der Waals surface area contributed by atoms with E-state index < -0.39 is 0 Å². The van der Waals surface area contributed by atoms with Crippen LogP contribution in [-0.2, 0) is 6.61 Å². The minimum Gasteiger partial charge on any atom is -0.488 e. The molecule has 3 nitrogen and oxygen atoms in total. The van der Waals surface area contributed by atoms with E-state index in [-0.39, 0.29) is 0 Å². The molecule has 18 heavy (non-hydrogen) atoms. The first kappa shape index (κ1) is 11.5. The number of benzene rings is 1.